The van der Waals surface area contributed by atoms with Crippen molar-refractivity contribution in [1.29, 1.82) is 0 Å². The van der Waals surface area contributed by atoms with Crippen LogP contribution in [0.5, 0.6) is 5.75 Å². The minimum Gasteiger partial charge on any atom is -0.494 e. The SMILES string of the molecule is CCOc1ccc(-n2c(SC(C)C(=O)NC(C)C)nnc2-c2ccccc2Cl)cc1. The van der Waals surface area contributed by atoms with Crippen molar-refractivity contribution in [2.24, 2.45) is 0 Å². The number of hydrogen-bond donors (Lipinski definition) is 1. The van der Waals surface area contributed by atoms with Crippen LogP contribution < -0.4 is 10.1 Å². The Bertz CT molecular complexity index is 1000. The first-order valence-corrected chi connectivity index (χ1v) is 11.1. The number of halogens is 1. The molecule has 0 saturated carbocycles. The highest BCUT2D eigenvalue weighted by molar-refractivity contribution is 8.00. The Balaban J connectivity index is 2.03. The highest BCUT2D eigenvalue weighted by atomic mass is 35.5. The average Bonchev–Trinajstić information content (AvgIpc) is 3.12. The van der Waals surface area contributed by atoms with Crippen molar-refractivity contribution in [1.82, 2.24) is 20.1 Å². The van der Waals surface area contributed by atoms with Crippen LogP contribution in [-0.2, 0) is 4.79 Å². The third kappa shape index (κ3) is 5.15. The molecule has 0 aliphatic heterocycles. The molecule has 0 aliphatic carbocycles. The molecule has 1 atom stereocenters. The lowest BCUT2D eigenvalue weighted by molar-refractivity contribution is -0.120. The van der Waals surface area contributed by atoms with Gasteiger partial charge >= 0.3 is 0 Å². The smallest absolute Gasteiger partial charge is 0.233 e. The molecule has 1 heterocycles. The number of nitrogens with zero attached hydrogens (tertiary/aromatic N) is 3. The number of carbonyl (C=O) groups is 1. The van der Waals surface area contributed by atoms with E-state index in [1.54, 1.807) is 0 Å². The first-order valence-electron chi connectivity index (χ1n) is 9.81. The van der Waals surface area contributed by atoms with Crippen LogP contribution in [0.4, 0.5) is 0 Å². The molecule has 2 aromatic carbocycles. The Morgan fingerprint density at radius 2 is 1.83 bits per heavy atom. The van der Waals surface area contributed by atoms with Crippen molar-refractivity contribution < 1.29 is 9.53 Å². The Kier molecular flexibility index (Phi) is 7.39. The second-order valence-electron chi connectivity index (χ2n) is 6.97. The molecular weight excluding hydrogens is 420 g/mol. The predicted octanol–water partition coefficient (Wildman–Crippen LogP) is 4.99. The summed E-state index contributed by atoms with van der Waals surface area (Å²) in [6.07, 6.45) is 0. The molecule has 6 nitrogen and oxygen atoms in total. The number of thioether (sulfide) groups is 1. The molecule has 1 aromatic heterocycles. The van der Waals surface area contributed by atoms with Gasteiger partial charge in [0.15, 0.2) is 11.0 Å². The fraction of sp³-hybridized carbons (Fsp3) is 0.318. The number of carbonyl (C=O) groups excluding carboxylic acids is 1. The van der Waals surface area contributed by atoms with Gasteiger partial charge in [0.2, 0.25) is 5.91 Å². The van der Waals surface area contributed by atoms with Gasteiger partial charge in [0, 0.05) is 17.3 Å². The minimum absolute atomic E-state index is 0.0458. The number of rotatable bonds is 8. The lowest BCUT2D eigenvalue weighted by Gasteiger charge is -2.16. The van der Waals surface area contributed by atoms with E-state index in [0.29, 0.717) is 22.6 Å². The third-order valence-corrected chi connectivity index (χ3v) is 5.61. The quantitative estimate of drug-likeness (QED) is 0.495. The summed E-state index contributed by atoms with van der Waals surface area (Å²) in [5, 5.41) is 12.6. The molecule has 8 heteroatoms. The van der Waals surface area contributed by atoms with E-state index in [1.165, 1.54) is 11.8 Å². The van der Waals surface area contributed by atoms with Gasteiger partial charge in [-0.1, -0.05) is 35.5 Å². The number of amides is 1. The molecule has 0 radical (unpaired) electrons. The molecule has 1 amide bonds. The number of nitrogens with one attached hydrogen (secondary N) is 1. The topological polar surface area (TPSA) is 69.0 Å². The van der Waals surface area contributed by atoms with Crippen LogP contribution in [0.15, 0.2) is 53.7 Å². The zero-order chi connectivity index (χ0) is 21.7. The highest BCUT2D eigenvalue weighted by Crippen LogP contribution is 2.33. The van der Waals surface area contributed by atoms with Gasteiger partial charge in [-0.3, -0.25) is 9.36 Å². The van der Waals surface area contributed by atoms with Crippen LogP contribution >= 0.6 is 23.4 Å². The standard InChI is InChI=1S/C22H25ClN4O2S/c1-5-29-17-12-10-16(11-13-17)27-20(18-8-6-7-9-19(18)23)25-26-22(27)30-15(4)21(28)24-14(2)3/h6-15H,5H2,1-4H3,(H,24,28). The van der Waals surface area contributed by atoms with Crippen LogP contribution in [-0.4, -0.2) is 38.6 Å². The maximum Gasteiger partial charge on any atom is 0.233 e. The number of hydrogen-bond acceptors (Lipinski definition) is 5. The van der Waals surface area contributed by atoms with Gasteiger partial charge in [-0.05, 0) is 64.1 Å². The molecule has 1 N–H and O–H groups in total. The summed E-state index contributed by atoms with van der Waals surface area (Å²) in [5.41, 5.74) is 1.63. The first kappa shape index (κ1) is 22.2. The normalized spacial score (nSPS) is 12.1. The zero-order valence-corrected chi connectivity index (χ0v) is 19.0. The molecule has 0 fully saturated rings. The number of aromatic nitrogens is 3. The number of benzene rings is 2. The van der Waals surface area contributed by atoms with E-state index in [-0.39, 0.29) is 17.2 Å². The van der Waals surface area contributed by atoms with Crippen molar-refractivity contribution in [2.45, 2.75) is 44.1 Å². The molecule has 3 rings (SSSR count). The Morgan fingerprint density at radius 3 is 2.47 bits per heavy atom. The van der Waals surface area contributed by atoms with Crippen molar-refractivity contribution in [2.75, 3.05) is 6.61 Å². The maximum absolute atomic E-state index is 12.4. The summed E-state index contributed by atoms with van der Waals surface area (Å²) in [4.78, 5) is 12.4. The van der Waals surface area contributed by atoms with Gasteiger partial charge in [-0.15, -0.1) is 10.2 Å². The summed E-state index contributed by atoms with van der Waals surface area (Å²) < 4.78 is 7.47. The van der Waals surface area contributed by atoms with Gasteiger partial charge in [0.25, 0.3) is 0 Å². The van der Waals surface area contributed by atoms with E-state index < -0.39 is 0 Å². The molecule has 158 valence electrons. The third-order valence-electron chi connectivity index (χ3n) is 4.24. The average molecular weight is 445 g/mol. The predicted molar refractivity (Wildman–Crippen MR) is 122 cm³/mol. The van der Waals surface area contributed by atoms with Crippen molar-refractivity contribution >= 4 is 29.3 Å². The largest absolute Gasteiger partial charge is 0.494 e. The van der Waals surface area contributed by atoms with Crippen molar-refractivity contribution in [3.63, 3.8) is 0 Å². The highest BCUT2D eigenvalue weighted by Gasteiger charge is 2.23. The van der Waals surface area contributed by atoms with Gasteiger partial charge in [-0.2, -0.15) is 0 Å². The molecule has 3 aromatic rings. The molecule has 0 bridgehead atoms. The van der Waals surface area contributed by atoms with Crippen LogP contribution in [0.2, 0.25) is 5.02 Å². The minimum atomic E-state index is -0.336. The van der Waals surface area contributed by atoms with Gasteiger partial charge in [0.1, 0.15) is 5.75 Å². The molecule has 30 heavy (non-hydrogen) atoms. The summed E-state index contributed by atoms with van der Waals surface area (Å²) >= 11 is 7.79. The summed E-state index contributed by atoms with van der Waals surface area (Å²) in [6, 6.07) is 15.3. The van der Waals surface area contributed by atoms with Gasteiger partial charge in [0.05, 0.1) is 16.9 Å². The van der Waals surface area contributed by atoms with Crippen LogP contribution in [0.25, 0.3) is 17.1 Å². The van der Waals surface area contributed by atoms with E-state index in [0.717, 1.165) is 17.0 Å². The summed E-state index contributed by atoms with van der Waals surface area (Å²) in [6.45, 7) is 8.27. The molecule has 0 saturated heterocycles. The second-order valence-corrected chi connectivity index (χ2v) is 8.69. The lowest BCUT2D eigenvalue weighted by atomic mass is 10.2. The molecule has 0 spiro atoms. The van der Waals surface area contributed by atoms with E-state index in [2.05, 4.69) is 15.5 Å². The Morgan fingerprint density at radius 1 is 1.13 bits per heavy atom. The van der Waals surface area contributed by atoms with E-state index in [9.17, 15) is 4.79 Å². The molecular formula is C22H25ClN4O2S. The number of ether oxygens (including phenoxy) is 1. The lowest BCUT2D eigenvalue weighted by Crippen LogP contribution is -2.36. The van der Waals surface area contributed by atoms with Gasteiger partial charge < -0.3 is 10.1 Å². The maximum atomic E-state index is 12.4. The van der Waals surface area contributed by atoms with E-state index >= 15 is 0 Å². The van der Waals surface area contributed by atoms with E-state index in [4.69, 9.17) is 16.3 Å². The summed E-state index contributed by atoms with van der Waals surface area (Å²) in [5.74, 6) is 1.35. The zero-order valence-electron chi connectivity index (χ0n) is 17.4. The monoisotopic (exact) mass is 444 g/mol. The first-order chi connectivity index (χ1) is 14.4. The fourth-order valence-electron chi connectivity index (χ4n) is 2.87. The Hall–Kier alpha value is -2.51. The van der Waals surface area contributed by atoms with Crippen molar-refractivity contribution in [3.05, 3.63) is 53.6 Å². The molecule has 0 aliphatic rings. The fourth-order valence-corrected chi connectivity index (χ4v) is 3.96. The van der Waals surface area contributed by atoms with Crippen molar-refractivity contribution in [3.8, 4) is 22.8 Å². The van der Waals surface area contributed by atoms with Gasteiger partial charge in [-0.25, -0.2) is 0 Å². The van der Waals surface area contributed by atoms with Crippen LogP contribution in [0, 0.1) is 0 Å². The van der Waals surface area contributed by atoms with E-state index in [1.807, 2.05) is 80.8 Å². The Labute approximate surface area is 186 Å². The summed E-state index contributed by atoms with van der Waals surface area (Å²) in [7, 11) is 0. The van der Waals surface area contributed by atoms with Crippen LogP contribution in [0.3, 0.4) is 0 Å². The van der Waals surface area contributed by atoms with Crippen LogP contribution in [0.1, 0.15) is 27.7 Å². The molecule has 1 unspecified atom stereocenters. The second kappa shape index (κ2) is 10.00.